The Bertz CT molecular complexity index is 1800. The van der Waals surface area contributed by atoms with Crippen LogP contribution in [0.4, 0.5) is 23.2 Å². The number of rotatable bonds is 0. The number of pyridine rings is 2. The van der Waals surface area contributed by atoms with Gasteiger partial charge in [0.1, 0.15) is 34.9 Å². The Morgan fingerprint density at radius 1 is 0.591 bits per heavy atom. The van der Waals surface area contributed by atoms with Crippen LogP contribution in [0.15, 0.2) is 48.5 Å². The summed E-state index contributed by atoms with van der Waals surface area (Å²) in [7, 11) is 0. The second-order valence-electron chi connectivity index (χ2n) is 13.5. The molecular formula is C36H32F4N4. The molecule has 224 valence electrons. The molecule has 4 nitrogen and oxygen atoms in total. The number of hydrogen-bond acceptors (Lipinski definition) is 3. The summed E-state index contributed by atoms with van der Waals surface area (Å²) in [5.74, 6) is -4.38. The van der Waals surface area contributed by atoms with E-state index in [1.165, 1.54) is 26.0 Å². The van der Waals surface area contributed by atoms with Crippen molar-refractivity contribution in [2.24, 2.45) is 0 Å². The number of benzene rings is 2. The molecule has 0 N–H and O–H groups in total. The molecule has 4 aromatic rings. The summed E-state index contributed by atoms with van der Waals surface area (Å²) in [5, 5.41) is 9.89. The molecule has 0 fully saturated rings. The van der Waals surface area contributed by atoms with Crippen molar-refractivity contribution in [1.82, 2.24) is 9.97 Å². The maximum Gasteiger partial charge on any atom is 0.257 e. The van der Waals surface area contributed by atoms with E-state index in [0.717, 1.165) is 0 Å². The standard InChI is InChI=1S/C36H32F4N4/c1-33(2)20-16-21(29(38)19(18-41)28(20)37)34(3,4)24-12-10-14-26(43-24)36(7,8)27-15-11-13-25(44-27)35(5,6)23-17-22(33)30(39)32(42-9)31(23)40/h10-17H,1-8H3. The minimum absolute atomic E-state index is 0.00812. The van der Waals surface area contributed by atoms with Crippen LogP contribution in [0.25, 0.3) is 4.85 Å². The van der Waals surface area contributed by atoms with Crippen LogP contribution in [-0.4, -0.2) is 9.97 Å². The zero-order chi connectivity index (χ0) is 32.6. The molecule has 5 rings (SSSR count). The first-order valence-electron chi connectivity index (χ1n) is 14.2. The lowest BCUT2D eigenvalue weighted by atomic mass is 9.70. The van der Waals surface area contributed by atoms with Crippen LogP contribution in [0.2, 0.25) is 0 Å². The third-order valence-corrected chi connectivity index (χ3v) is 9.35. The maximum atomic E-state index is 16.1. The maximum absolute atomic E-state index is 16.1. The zero-order valence-electron chi connectivity index (χ0n) is 25.9. The highest BCUT2D eigenvalue weighted by molar-refractivity contribution is 5.60. The molecule has 0 unspecified atom stereocenters. The molecular weight excluding hydrogens is 564 g/mol. The average Bonchev–Trinajstić information content (AvgIpc) is 2.97. The van der Waals surface area contributed by atoms with Gasteiger partial charge in [0, 0.05) is 27.2 Å². The minimum atomic E-state index is -1.58. The first-order chi connectivity index (χ1) is 20.4. The van der Waals surface area contributed by atoms with Gasteiger partial charge in [-0.25, -0.2) is 22.4 Å². The monoisotopic (exact) mass is 596 g/mol. The van der Waals surface area contributed by atoms with Gasteiger partial charge in [-0.3, -0.25) is 9.97 Å². The number of halogens is 4. The quantitative estimate of drug-likeness (QED) is 0.150. The van der Waals surface area contributed by atoms with Crippen molar-refractivity contribution in [3.63, 3.8) is 0 Å². The summed E-state index contributed by atoms with van der Waals surface area (Å²) in [5.41, 5.74) is -4.52. The molecule has 2 aromatic heterocycles. The summed E-state index contributed by atoms with van der Waals surface area (Å²) in [6, 6.07) is 15.0. The predicted octanol–water partition coefficient (Wildman–Crippen LogP) is 9.07. The van der Waals surface area contributed by atoms with Crippen LogP contribution < -0.4 is 0 Å². The molecule has 0 aliphatic carbocycles. The van der Waals surface area contributed by atoms with Crippen molar-refractivity contribution in [2.45, 2.75) is 77.0 Å². The van der Waals surface area contributed by atoms with E-state index in [2.05, 4.69) is 4.85 Å². The number of hydrogen-bond donors (Lipinski definition) is 0. The Balaban J connectivity index is 2.02. The van der Waals surface area contributed by atoms with Gasteiger partial charge < -0.3 is 0 Å². The first-order valence-corrected chi connectivity index (χ1v) is 14.2. The van der Waals surface area contributed by atoms with Crippen LogP contribution in [0.1, 0.15) is 106 Å². The predicted molar refractivity (Wildman–Crippen MR) is 161 cm³/mol. The molecule has 8 heteroatoms. The first kappa shape index (κ1) is 30.9. The van der Waals surface area contributed by atoms with Crippen LogP contribution in [0.5, 0.6) is 0 Å². The van der Waals surface area contributed by atoms with Gasteiger partial charge >= 0.3 is 0 Å². The van der Waals surface area contributed by atoms with Crippen LogP contribution in [-0.2, 0) is 21.7 Å². The van der Waals surface area contributed by atoms with Crippen molar-refractivity contribution in [3.8, 4) is 6.07 Å². The highest BCUT2D eigenvalue weighted by atomic mass is 19.1. The van der Waals surface area contributed by atoms with E-state index in [1.54, 1.807) is 58.0 Å². The topological polar surface area (TPSA) is 53.9 Å². The van der Waals surface area contributed by atoms with Crippen molar-refractivity contribution < 1.29 is 17.6 Å². The second kappa shape index (κ2) is 9.99. The molecule has 1 aliphatic heterocycles. The van der Waals surface area contributed by atoms with Crippen molar-refractivity contribution >= 4 is 5.69 Å². The van der Waals surface area contributed by atoms with Gasteiger partial charge in [-0.2, -0.15) is 5.26 Å². The number of aromatic nitrogens is 2. The summed E-state index contributed by atoms with van der Waals surface area (Å²) in [6.07, 6.45) is 0. The molecule has 0 saturated heterocycles. The van der Waals surface area contributed by atoms with E-state index >= 15 is 17.6 Å². The summed E-state index contributed by atoms with van der Waals surface area (Å²) in [6.45, 7) is 21.4. The van der Waals surface area contributed by atoms with Gasteiger partial charge in [0.25, 0.3) is 5.69 Å². The largest absolute Gasteiger partial charge is 0.257 e. The van der Waals surface area contributed by atoms with E-state index in [4.69, 9.17) is 16.5 Å². The molecule has 0 atom stereocenters. The molecule has 1 aliphatic rings. The molecule has 0 saturated carbocycles. The fourth-order valence-corrected chi connectivity index (χ4v) is 6.09. The minimum Gasteiger partial charge on any atom is -0.256 e. The van der Waals surface area contributed by atoms with Gasteiger partial charge in [0.15, 0.2) is 0 Å². The van der Waals surface area contributed by atoms with Crippen LogP contribution in [0, 0.1) is 41.2 Å². The third-order valence-electron chi connectivity index (χ3n) is 9.35. The SMILES string of the molecule is [C-]#[N+]c1c(F)c2cc(c1F)C(C)(C)c1cc(c(F)c(C#N)c1F)C(C)(C)c1cccc(n1)C(C)(C)c1cccc(n1)C2(C)C. The van der Waals surface area contributed by atoms with Gasteiger partial charge in [-0.15, -0.1) is 0 Å². The lowest BCUT2D eigenvalue weighted by molar-refractivity contribution is 0.475. The van der Waals surface area contributed by atoms with Gasteiger partial charge in [-0.1, -0.05) is 59.7 Å². The van der Waals surface area contributed by atoms with Gasteiger partial charge in [0.05, 0.1) is 29.3 Å². The molecule has 0 spiro atoms. The Labute approximate surface area is 255 Å². The fraction of sp³-hybridized carbons (Fsp3) is 0.333. The Morgan fingerprint density at radius 3 is 1.32 bits per heavy atom. The van der Waals surface area contributed by atoms with Crippen molar-refractivity contribution in [2.75, 3.05) is 0 Å². The molecule has 44 heavy (non-hydrogen) atoms. The van der Waals surface area contributed by atoms with E-state index in [1.807, 2.05) is 26.0 Å². The lowest BCUT2D eigenvalue weighted by Crippen LogP contribution is -2.31. The highest BCUT2D eigenvalue weighted by Gasteiger charge is 2.41. The second-order valence-corrected chi connectivity index (χ2v) is 13.5. The smallest absolute Gasteiger partial charge is 0.256 e. The molecule has 2 aromatic carbocycles. The number of nitriles is 1. The molecule has 8 bridgehead atoms. The van der Waals surface area contributed by atoms with E-state index < -0.39 is 56.2 Å². The molecule has 3 heterocycles. The Kier molecular flexibility index (Phi) is 7.01. The summed E-state index contributed by atoms with van der Waals surface area (Å²) < 4.78 is 64.3. The van der Waals surface area contributed by atoms with Crippen LogP contribution in [0.3, 0.4) is 0 Å². The zero-order valence-corrected chi connectivity index (χ0v) is 25.9. The normalized spacial score (nSPS) is 17.3. The Hall–Kier alpha value is -4.56. The van der Waals surface area contributed by atoms with Gasteiger partial charge in [0.2, 0.25) is 0 Å². The summed E-state index contributed by atoms with van der Waals surface area (Å²) >= 11 is 0. The lowest BCUT2D eigenvalue weighted by Gasteiger charge is -2.35. The number of fused-ring (bicyclic) bond motifs is 8. The van der Waals surface area contributed by atoms with Crippen LogP contribution >= 0.6 is 0 Å². The van der Waals surface area contributed by atoms with E-state index in [9.17, 15) is 5.26 Å². The van der Waals surface area contributed by atoms with Crippen molar-refractivity contribution in [3.05, 3.63) is 134 Å². The fourth-order valence-electron chi connectivity index (χ4n) is 6.09. The molecule has 0 radical (unpaired) electrons. The average molecular weight is 597 g/mol. The van der Waals surface area contributed by atoms with Gasteiger partial charge in [-0.05, 0) is 60.9 Å². The third kappa shape index (κ3) is 4.31. The molecule has 0 amide bonds. The van der Waals surface area contributed by atoms with Crippen molar-refractivity contribution in [1.29, 1.82) is 5.26 Å². The summed E-state index contributed by atoms with van der Waals surface area (Å²) in [4.78, 5) is 13.1. The Morgan fingerprint density at radius 2 is 0.932 bits per heavy atom. The highest BCUT2D eigenvalue weighted by Crippen LogP contribution is 2.46. The van der Waals surface area contributed by atoms with E-state index in [0.29, 0.717) is 22.8 Å². The number of nitrogens with zero attached hydrogens (tertiary/aromatic N) is 4. The van der Waals surface area contributed by atoms with E-state index in [-0.39, 0.29) is 22.3 Å².